The first-order chi connectivity index (χ1) is 8.18. The van der Waals surface area contributed by atoms with Crippen LogP contribution in [0.3, 0.4) is 0 Å². The zero-order chi connectivity index (χ0) is 12.3. The molecule has 1 heterocycles. The number of nitrogens with two attached hydrogens (primary N) is 1. The normalized spacial score (nSPS) is 9.94. The van der Waals surface area contributed by atoms with Gasteiger partial charge in [-0.25, -0.2) is 9.97 Å². The molecule has 0 aliphatic heterocycles. The van der Waals surface area contributed by atoms with Crippen molar-refractivity contribution in [1.29, 1.82) is 0 Å². The maximum atomic E-state index is 6.05. The van der Waals surface area contributed by atoms with Crippen molar-refractivity contribution in [3.63, 3.8) is 0 Å². The lowest BCUT2D eigenvalue weighted by atomic mass is 10.1. The first-order valence-electron chi connectivity index (χ1n) is 4.79. The van der Waals surface area contributed by atoms with Gasteiger partial charge in [0, 0.05) is 0 Å². The fourth-order valence-corrected chi connectivity index (χ4v) is 1.95. The van der Waals surface area contributed by atoms with E-state index in [0.717, 1.165) is 11.4 Å². The minimum absolute atomic E-state index is 0.245. The van der Waals surface area contributed by atoms with E-state index in [1.54, 1.807) is 18.5 Å². The van der Waals surface area contributed by atoms with Crippen LogP contribution in [0.4, 0.5) is 11.4 Å². The summed E-state index contributed by atoms with van der Waals surface area (Å²) in [6.45, 7) is 0. The van der Waals surface area contributed by atoms with Crippen LogP contribution in [-0.2, 0) is 0 Å². The van der Waals surface area contributed by atoms with Gasteiger partial charge in [-0.05, 0) is 12.1 Å². The Labute approximate surface area is 109 Å². The summed E-state index contributed by atoms with van der Waals surface area (Å²) in [4.78, 5) is 8.06. The van der Waals surface area contributed by atoms with Gasteiger partial charge in [0.1, 0.15) is 11.3 Å². The molecule has 6 heteroatoms. The van der Waals surface area contributed by atoms with E-state index in [1.165, 1.54) is 6.33 Å². The molecular weight excluding hydrogens is 256 g/mol. The van der Waals surface area contributed by atoms with Crippen molar-refractivity contribution in [3.05, 3.63) is 47.5 Å². The molecule has 4 nitrogen and oxygen atoms in total. The Balaban J connectivity index is 2.40. The SMILES string of the molecule is NC(=S)c1c(Cl)cccc1Nc1cncnc1. The summed E-state index contributed by atoms with van der Waals surface area (Å²) >= 11 is 11.0. The van der Waals surface area contributed by atoms with Crippen LogP contribution in [0.2, 0.25) is 5.02 Å². The van der Waals surface area contributed by atoms with Gasteiger partial charge in [0.15, 0.2) is 0 Å². The number of benzene rings is 1. The van der Waals surface area contributed by atoms with Crippen molar-refractivity contribution in [3.8, 4) is 0 Å². The Morgan fingerprint density at radius 3 is 2.65 bits per heavy atom. The molecule has 86 valence electrons. The van der Waals surface area contributed by atoms with E-state index in [2.05, 4.69) is 15.3 Å². The largest absolute Gasteiger partial charge is 0.389 e. The molecule has 1 aromatic heterocycles. The molecule has 0 amide bonds. The fraction of sp³-hybridized carbons (Fsp3) is 0. The van der Waals surface area contributed by atoms with Crippen LogP contribution in [0.15, 0.2) is 36.9 Å². The third-order valence-electron chi connectivity index (χ3n) is 2.10. The van der Waals surface area contributed by atoms with E-state index in [1.807, 2.05) is 12.1 Å². The zero-order valence-corrected chi connectivity index (χ0v) is 10.3. The monoisotopic (exact) mass is 264 g/mol. The smallest absolute Gasteiger partial charge is 0.115 e. The van der Waals surface area contributed by atoms with Gasteiger partial charge < -0.3 is 11.1 Å². The van der Waals surface area contributed by atoms with Crippen molar-refractivity contribution >= 4 is 40.2 Å². The summed E-state index contributed by atoms with van der Waals surface area (Å²) in [6, 6.07) is 5.40. The molecule has 0 unspecified atom stereocenters. The number of nitrogens with one attached hydrogen (secondary N) is 1. The van der Waals surface area contributed by atoms with Gasteiger partial charge in [0.2, 0.25) is 0 Å². The van der Waals surface area contributed by atoms with Crippen molar-refractivity contribution < 1.29 is 0 Å². The highest BCUT2D eigenvalue weighted by atomic mass is 35.5. The predicted octanol–water partition coefficient (Wildman–Crippen LogP) is 2.51. The van der Waals surface area contributed by atoms with Gasteiger partial charge in [-0.1, -0.05) is 29.9 Å². The quantitative estimate of drug-likeness (QED) is 0.834. The topological polar surface area (TPSA) is 63.8 Å². The molecule has 0 radical (unpaired) electrons. The van der Waals surface area contributed by atoms with Crippen molar-refractivity contribution in [2.24, 2.45) is 5.73 Å². The average molecular weight is 265 g/mol. The third-order valence-corrected chi connectivity index (χ3v) is 2.62. The van der Waals surface area contributed by atoms with Crippen LogP contribution in [0.1, 0.15) is 5.56 Å². The maximum absolute atomic E-state index is 6.05. The lowest BCUT2D eigenvalue weighted by molar-refractivity contribution is 1.17. The lowest BCUT2D eigenvalue weighted by Gasteiger charge is -2.11. The number of hydrogen-bond acceptors (Lipinski definition) is 4. The molecule has 3 N–H and O–H groups in total. The molecule has 17 heavy (non-hydrogen) atoms. The zero-order valence-electron chi connectivity index (χ0n) is 8.72. The second-order valence-corrected chi connectivity index (χ2v) is 4.13. The molecule has 2 aromatic rings. The summed E-state index contributed by atoms with van der Waals surface area (Å²) in [6.07, 6.45) is 4.76. The minimum atomic E-state index is 0.245. The van der Waals surface area contributed by atoms with Gasteiger partial charge in [-0.15, -0.1) is 0 Å². The third kappa shape index (κ3) is 2.69. The highest BCUT2D eigenvalue weighted by Crippen LogP contribution is 2.26. The molecule has 0 saturated carbocycles. The van der Waals surface area contributed by atoms with Crippen LogP contribution < -0.4 is 11.1 Å². The summed E-state index contributed by atoms with van der Waals surface area (Å²) in [5.74, 6) is 0. The fourth-order valence-electron chi connectivity index (χ4n) is 1.40. The number of anilines is 2. The molecule has 0 saturated heterocycles. The summed E-state index contributed by atoms with van der Waals surface area (Å²) in [5, 5.41) is 3.63. The second kappa shape index (κ2) is 5.07. The molecule has 2 rings (SSSR count). The molecule has 0 aliphatic carbocycles. The van der Waals surface area contributed by atoms with E-state index in [0.29, 0.717) is 10.6 Å². The first-order valence-corrected chi connectivity index (χ1v) is 5.57. The molecule has 0 spiro atoms. The van der Waals surface area contributed by atoms with Gasteiger partial charge in [0.05, 0.1) is 34.4 Å². The van der Waals surface area contributed by atoms with Gasteiger partial charge in [0.25, 0.3) is 0 Å². The van der Waals surface area contributed by atoms with Crippen LogP contribution in [0.25, 0.3) is 0 Å². The lowest BCUT2D eigenvalue weighted by Crippen LogP contribution is -2.12. The Morgan fingerprint density at radius 2 is 2.00 bits per heavy atom. The van der Waals surface area contributed by atoms with E-state index in [-0.39, 0.29) is 4.99 Å². The second-order valence-electron chi connectivity index (χ2n) is 3.28. The van der Waals surface area contributed by atoms with Gasteiger partial charge in [-0.2, -0.15) is 0 Å². The minimum Gasteiger partial charge on any atom is -0.389 e. The van der Waals surface area contributed by atoms with Gasteiger partial charge in [-0.3, -0.25) is 0 Å². The van der Waals surface area contributed by atoms with Crippen LogP contribution in [-0.4, -0.2) is 15.0 Å². The highest BCUT2D eigenvalue weighted by Gasteiger charge is 2.09. The van der Waals surface area contributed by atoms with E-state index < -0.39 is 0 Å². The Bertz CT molecular complexity index is 544. The number of thiocarbonyl (C=S) groups is 1. The molecule has 1 aromatic carbocycles. The number of rotatable bonds is 3. The number of nitrogens with zero attached hydrogens (tertiary/aromatic N) is 2. The Morgan fingerprint density at radius 1 is 1.29 bits per heavy atom. The average Bonchev–Trinajstić information content (AvgIpc) is 2.30. The van der Waals surface area contributed by atoms with Crippen molar-refractivity contribution in [2.75, 3.05) is 5.32 Å². The van der Waals surface area contributed by atoms with Crippen LogP contribution in [0, 0.1) is 0 Å². The molecular formula is C11H9ClN4S. The molecule has 0 aliphatic rings. The summed E-state index contributed by atoms with van der Waals surface area (Å²) in [5.41, 5.74) is 7.74. The Kier molecular flexibility index (Phi) is 3.51. The first kappa shape index (κ1) is 11.8. The van der Waals surface area contributed by atoms with Crippen LogP contribution >= 0.6 is 23.8 Å². The molecule has 0 bridgehead atoms. The Hall–Kier alpha value is -1.72. The maximum Gasteiger partial charge on any atom is 0.115 e. The van der Waals surface area contributed by atoms with E-state index in [4.69, 9.17) is 29.6 Å². The van der Waals surface area contributed by atoms with Crippen molar-refractivity contribution in [2.45, 2.75) is 0 Å². The number of hydrogen-bond donors (Lipinski definition) is 2. The predicted molar refractivity (Wildman–Crippen MR) is 72.7 cm³/mol. The highest BCUT2D eigenvalue weighted by molar-refractivity contribution is 7.80. The molecule has 0 fully saturated rings. The summed E-state index contributed by atoms with van der Waals surface area (Å²) < 4.78 is 0. The van der Waals surface area contributed by atoms with Gasteiger partial charge >= 0.3 is 0 Å². The van der Waals surface area contributed by atoms with Crippen molar-refractivity contribution in [1.82, 2.24) is 9.97 Å². The number of halogens is 1. The van der Waals surface area contributed by atoms with Crippen LogP contribution in [0.5, 0.6) is 0 Å². The number of aromatic nitrogens is 2. The summed E-state index contributed by atoms with van der Waals surface area (Å²) in [7, 11) is 0. The van der Waals surface area contributed by atoms with E-state index >= 15 is 0 Å². The van der Waals surface area contributed by atoms with E-state index in [9.17, 15) is 0 Å². The standard InChI is InChI=1S/C11H9ClN4S/c12-8-2-1-3-9(10(8)11(13)17)16-7-4-14-6-15-5-7/h1-6,16H,(H2,13,17). The molecule has 0 atom stereocenters.